The third kappa shape index (κ3) is 4.11. The summed E-state index contributed by atoms with van der Waals surface area (Å²) in [5.74, 6) is -0.796. The fourth-order valence-corrected chi connectivity index (χ4v) is 3.81. The fraction of sp³-hybridized carbons (Fsp3) is 0.174. The third-order valence-corrected chi connectivity index (χ3v) is 5.28. The van der Waals surface area contributed by atoms with E-state index in [1.54, 1.807) is 12.4 Å². The third-order valence-electron chi connectivity index (χ3n) is 5.28. The topological polar surface area (TPSA) is 82.5 Å². The zero-order chi connectivity index (χ0) is 20.2. The molecule has 3 aromatic rings. The number of amides is 2. The molecule has 1 aliphatic heterocycles. The smallest absolute Gasteiger partial charge is 0.407 e. The summed E-state index contributed by atoms with van der Waals surface area (Å²) < 4.78 is 0. The van der Waals surface area contributed by atoms with Crippen molar-refractivity contribution >= 4 is 17.7 Å². The standard InChI is InChI=1S/C23H21N3O3/c27-22(25-19-10-4-8-17(12-19)18-9-5-11-24-13-18)21-15-26(23(28)29)14-20(21)16-6-2-1-3-7-16/h1-13,20-21H,14-15H2,(H,25,27)(H,28,29)/t20-,21+/m0/s1. The molecule has 0 aliphatic carbocycles. The van der Waals surface area contributed by atoms with E-state index in [2.05, 4.69) is 10.3 Å². The Labute approximate surface area is 168 Å². The first kappa shape index (κ1) is 18.7. The van der Waals surface area contributed by atoms with Crippen LogP contribution in [0.2, 0.25) is 0 Å². The minimum Gasteiger partial charge on any atom is -0.465 e. The van der Waals surface area contributed by atoms with E-state index in [9.17, 15) is 14.7 Å². The van der Waals surface area contributed by atoms with Crippen LogP contribution in [-0.2, 0) is 4.79 Å². The molecule has 0 unspecified atom stereocenters. The van der Waals surface area contributed by atoms with E-state index in [-0.39, 0.29) is 18.4 Å². The molecule has 1 aliphatic rings. The summed E-state index contributed by atoms with van der Waals surface area (Å²) >= 11 is 0. The molecule has 29 heavy (non-hydrogen) atoms. The molecule has 1 saturated heterocycles. The maximum Gasteiger partial charge on any atom is 0.407 e. The van der Waals surface area contributed by atoms with Crippen LogP contribution in [0.15, 0.2) is 79.1 Å². The van der Waals surface area contributed by atoms with Crippen molar-refractivity contribution in [3.05, 3.63) is 84.7 Å². The van der Waals surface area contributed by atoms with E-state index in [1.165, 1.54) is 4.90 Å². The van der Waals surface area contributed by atoms with Crippen molar-refractivity contribution in [3.8, 4) is 11.1 Å². The van der Waals surface area contributed by atoms with Gasteiger partial charge >= 0.3 is 6.09 Å². The molecule has 2 heterocycles. The van der Waals surface area contributed by atoms with Crippen LogP contribution in [-0.4, -0.2) is 40.1 Å². The van der Waals surface area contributed by atoms with Crippen molar-refractivity contribution in [2.45, 2.75) is 5.92 Å². The lowest BCUT2D eigenvalue weighted by atomic mass is 9.88. The summed E-state index contributed by atoms with van der Waals surface area (Å²) in [7, 11) is 0. The quantitative estimate of drug-likeness (QED) is 0.707. The predicted octanol–water partition coefficient (Wildman–Crippen LogP) is 4.08. The molecule has 2 atom stereocenters. The SMILES string of the molecule is O=C(Nc1cccc(-c2cccnc2)c1)[C@@H]1CN(C(=O)O)C[C@H]1c1ccccc1. The number of pyridine rings is 1. The number of carbonyl (C=O) groups excluding carboxylic acids is 1. The van der Waals surface area contributed by atoms with Crippen molar-refractivity contribution in [2.24, 2.45) is 5.92 Å². The van der Waals surface area contributed by atoms with Crippen LogP contribution < -0.4 is 5.32 Å². The molecule has 0 spiro atoms. The number of nitrogens with zero attached hydrogens (tertiary/aromatic N) is 2. The highest BCUT2D eigenvalue weighted by atomic mass is 16.4. The van der Waals surface area contributed by atoms with Gasteiger partial charge in [0.15, 0.2) is 0 Å². The largest absolute Gasteiger partial charge is 0.465 e. The molecular formula is C23H21N3O3. The van der Waals surface area contributed by atoms with Gasteiger partial charge in [0.05, 0.1) is 5.92 Å². The van der Waals surface area contributed by atoms with E-state index < -0.39 is 12.0 Å². The number of rotatable bonds is 4. The van der Waals surface area contributed by atoms with Crippen LogP contribution >= 0.6 is 0 Å². The van der Waals surface area contributed by atoms with Gasteiger partial charge in [-0.25, -0.2) is 4.79 Å². The van der Waals surface area contributed by atoms with Gasteiger partial charge in [-0.1, -0.05) is 48.5 Å². The van der Waals surface area contributed by atoms with Gasteiger partial charge in [-0.2, -0.15) is 0 Å². The molecule has 2 aromatic carbocycles. The lowest BCUT2D eigenvalue weighted by molar-refractivity contribution is -0.119. The summed E-state index contributed by atoms with van der Waals surface area (Å²) in [5, 5.41) is 12.4. The van der Waals surface area contributed by atoms with Gasteiger partial charge in [0, 0.05) is 42.7 Å². The second-order valence-electron chi connectivity index (χ2n) is 7.12. The molecule has 4 rings (SSSR count). The van der Waals surface area contributed by atoms with Crippen molar-refractivity contribution in [1.29, 1.82) is 0 Å². The average Bonchev–Trinajstić information content (AvgIpc) is 3.21. The highest BCUT2D eigenvalue weighted by Gasteiger charge is 2.40. The minimum atomic E-state index is -1.00. The molecule has 6 nitrogen and oxygen atoms in total. The summed E-state index contributed by atoms with van der Waals surface area (Å²) in [4.78, 5) is 30.0. The number of anilines is 1. The fourth-order valence-electron chi connectivity index (χ4n) is 3.81. The van der Waals surface area contributed by atoms with Crippen LogP contribution in [0.4, 0.5) is 10.5 Å². The Morgan fingerprint density at radius 1 is 0.966 bits per heavy atom. The van der Waals surface area contributed by atoms with Crippen molar-refractivity contribution < 1.29 is 14.7 Å². The summed E-state index contributed by atoms with van der Waals surface area (Å²) in [6.07, 6.45) is 2.49. The summed E-state index contributed by atoms with van der Waals surface area (Å²) in [6, 6.07) is 21.0. The summed E-state index contributed by atoms with van der Waals surface area (Å²) in [5.41, 5.74) is 3.57. The Morgan fingerprint density at radius 3 is 2.48 bits per heavy atom. The van der Waals surface area contributed by atoms with Gasteiger partial charge in [-0.05, 0) is 29.3 Å². The molecule has 2 amide bonds. The number of benzene rings is 2. The number of hydrogen-bond acceptors (Lipinski definition) is 3. The van der Waals surface area contributed by atoms with Crippen LogP contribution in [0.25, 0.3) is 11.1 Å². The lowest BCUT2D eigenvalue weighted by Crippen LogP contribution is -2.30. The predicted molar refractivity (Wildman–Crippen MR) is 111 cm³/mol. The molecule has 1 aromatic heterocycles. The highest BCUT2D eigenvalue weighted by molar-refractivity contribution is 5.94. The van der Waals surface area contributed by atoms with E-state index in [0.29, 0.717) is 12.2 Å². The number of carbonyl (C=O) groups is 2. The summed E-state index contributed by atoms with van der Waals surface area (Å²) in [6.45, 7) is 0.496. The number of hydrogen-bond donors (Lipinski definition) is 2. The van der Waals surface area contributed by atoms with Gasteiger partial charge in [-0.15, -0.1) is 0 Å². The zero-order valence-corrected chi connectivity index (χ0v) is 15.7. The van der Waals surface area contributed by atoms with Crippen LogP contribution in [0, 0.1) is 5.92 Å². The van der Waals surface area contributed by atoms with E-state index in [4.69, 9.17) is 0 Å². The lowest BCUT2D eigenvalue weighted by Gasteiger charge is -2.18. The normalized spacial score (nSPS) is 18.4. The number of nitrogens with one attached hydrogen (secondary N) is 1. The van der Waals surface area contributed by atoms with Crippen molar-refractivity contribution in [1.82, 2.24) is 9.88 Å². The monoisotopic (exact) mass is 387 g/mol. The first-order valence-corrected chi connectivity index (χ1v) is 9.46. The first-order valence-electron chi connectivity index (χ1n) is 9.46. The van der Waals surface area contributed by atoms with Gasteiger partial charge in [0.25, 0.3) is 0 Å². The zero-order valence-electron chi connectivity index (χ0n) is 15.7. The number of aromatic nitrogens is 1. The Balaban J connectivity index is 1.56. The van der Waals surface area contributed by atoms with Gasteiger partial charge in [-0.3, -0.25) is 9.78 Å². The Morgan fingerprint density at radius 2 is 1.76 bits per heavy atom. The second-order valence-corrected chi connectivity index (χ2v) is 7.12. The van der Waals surface area contributed by atoms with Crippen LogP contribution in [0.1, 0.15) is 11.5 Å². The van der Waals surface area contributed by atoms with Crippen molar-refractivity contribution in [2.75, 3.05) is 18.4 Å². The van der Waals surface area contributed by atoms with Crippen molar-refractivity contribution in [3.63, 3.8) is 0 Å². The van der Waals surface area contributed by atoms with E-state index in [0.717, 1.165) is 16.7 Å². The Hall–Kier alpha value is -3.67. The Kier molecular flexibility index (Phi) is 5.24. The van der Waals surface area contributed by atoms with Crippen LogP contribution in [0.3, 0.4) is 0 Å². The van der Waals surface area contributed by atoms with Gasteiger partial charge < -0.3 is 15.3 Å². The average molecular weight is 387 g/mol. The molecule has 0 radical (unpaired) electrons. The molecule has 6 heteroatoms. The van der Waals surface area contributed by atoms with Gasteiger partial charge in [0.2, 0.25) is 5.91 Å². The molecule has 1 fully saturated rings. The highest BCUT2D eigenvalue weighted by Crippen LogP contribution is 2.34. The first-order chi connectivity index (χ1) is 14.1. The molecular weight excluding hydrogens is 366 g/mol. The second kappa shape index (κ2) is 8.14. The molecule has 0 saturated carbocycles. The molecule has 2 N–H and O–H groups in total. The molecule has 0 bridgehead atoms. The number of carboxylic acid groups (broad SMARTS) is 1. The maximum absolute atomic E-state index is 13.1. The minimum absolute atomic E-state index is 0.172. The number of likely N-dealkylation sites (tertiary alicyclic amines) is 1. The van der Waals surface area contributed by atoms with Gasteiger partial charge in [0.1, 0.15) is 0 Å². The maximum atomic E-state index is 13.1. The Bertz CT molecular complexity index is 1010. The van der Waals surface area contributed by atoms with E-state index >= 15 is 0 Å². The van der Waals surface area contributed by atoms with Crippen LogP contribution in [0.5, 0.6) is 0 Å². The van der Waals surface area contributed by atoms with E-state index in [1.807, 2.05) is 66.7 Å². The molecule has 146 valence electrons.